The molecule has 1 aromatic rings. The van der Waals surface area contributed by atoms with E-state index in [1.165, 1.54) is 26.3 Å². The molecule has 8 nitrogen and oxygen atoms in total. The average Bonchev–Trinajstić information content (AvgIpc) is 2.53. The highest BCUT2D eigenvalue weighted by atomic mass is 35.5. The van der Waals surface area contributed by atoms with Crippen molar-refractivity contribution in [2.45, 2.75) is 20.0 Å². The molecule has 0 unspecified atom stereocenters. The number of urea groups is 1. The van der Waals surface area contributed by atoms with Crippen LogP contribution in [0.15, 0.2) is 12.1 Å². The van der Waals surface area contributed by atoms with Crippen molar-refractivity contribution in [3.05, 3.63) is 22.7 Å². The van der Waals surface area contributed by atoms with Gasteiger partial charge >= 0.3 is 12.0 Å². The molecule has 0 aliphatic heterocycles. The molecule has 0 radical (unpaired) electrons. The Bertz CT molecular complexity index is 633. The van der Waals surface area contributed by atoms with Crippen molar-refractivity contribution in [1.82, 2.24) is 10.6 Å². The third-order valence-electron chi connectivity index (χ3n) is 2.63. The van der Waals surface area contributed by atoms with Gasteiger partial charge in [-0.15, -0.1) is 0 Å². The smallest absolute Gasteiger partial charge is 0.338 e. The molecule has 9 heteroatoms. The minimum atomic E-state index is -0.793. The van der Waals surface area contributed by atoms with Crippen molar-refractivity contribution < 1.29 is 28.6 Å². The van der Waals surface area contributed by atoms with Gasteiger partial charge in [0.1, 0.15) is 0 Å². The van der Waals surface area contributed by atoms with Crippen LogP contribution in [0.3, 0.4) is 0 Å². The van der Waals surface area contributed by atoms with Gasteiger partial charge in [0.05, 0.1) is 23.8 Å². The molecule has 0 saturated heterocycles. The largest absolute Gasteiger partial charge is 0.493 e. The fourth-order valence-corrected chi connectivity index (χ4v) is 1.88. The Morgan fingerprint density at radius 2 is 1.92 bits per heavy atom. The highest BCUT2D eigenvalue weighted by Gasteiger charge is 2.18. The summed E-state index contributed by atoms with van der Waals surface area (Å²) in [5.74, 6) is -0.986. The van der Waals surface area contributed by atoms with Crippen LogP contribution in [0.5, 0.6) is 11.5 Å². The first-order valence-electron chi connectivity index (χ1n) is 7.01. The maximum Gasteiger partial charge on any atom is 0.338 e. The number of hydrogen-bond donors (Lipinski definition) is 2. The third-order valence-corrected chi connectivity index (χ3v) is 2.91. The lowest BCUT2D eigenvalue weighted by molar-refractivity contribution is -0.123. The number of ether oxygens (including phenoxy) is 3. The summed E-state index contributed by atoms with van der Waals surface area (Å²) < 4.78 is 15.5. The van der Waals surface area contributed by atoms with Gasteiger partial charge in [-0.1, -0.05) is 11.6 Å². The van der Waals surface area contributed by atoms with Gasteiger partial charge in [0, 0.05) is 7.05 Å². The first kappa shape index (κ1) is 19.6. The first-order valence-corrected chi connectivity index (χ1v) is 7.39. The number of esters is 1. The summed E-state index contributed by atoms with van der Waals surface area (Å²) in [6.07, 6.45) is -0.136. The summed E-state index contributed by atoms with van der Waals surface area (Å²) in [6.45, 7) is 3.03. The van der Waals surface area contributed by atoms with Crippen molar-refractivity contribution in [2.24, 2.45) is 0 Å². The number of hydrogen-bond acceptors (Lipinski definition) is 6. The van der Waals surface area contributed by atoms with E-state index in [-0.39, 0.29) is 22.4 Å². The molecule has 132 valence electrons. The molecule has 0 bridgehead atoms. The number of benzene rings is 1. The zero-order chi connectivity index (χ0) is 18.3. The number of carbonyl (C=O) groups excluding carboxylic acids is 3. The first-order chi connectivity index (χ1) is 11.3. The maximum absolute atomic E-state index is 12.0. The molecule has 2 N–H and O–H groups in total. The summed E-state index contributed by atoms with van der Waals surface area (Å²) in [7, 11) is 2.76. The van der Waals surface area contributed by atoms with Gasteiger partial charge < -0.3 is 19.5 Å². The molecule has 0 aliphatic rings. The van der Waals surface area contributed by atoms with E-state index in [0.29, 0.717) is 5.75 Å². The van der Waals surface area contributed by atoms with Crippen LogP contribution in [0.25, 0.3) is 0 Å². The highest BCUT2D eigenvalue weighted by Crippen LogP contribution is 2.37. The molecule has 0 aromatic heterocycles. The van der Waals surface area contributed by atoms with E-state index in [9.17, 15) is 14.4 Å². The summed E-state index contributed by atoms with van der Waals surface area (Å²) in [5, 5.41) is 4.34. The van der Waals surface area contributed by atoms with Crippen LogP contribution in [0, 0.1) is 0 Å². The molecule has 0 saturated carbocycles. The van der Waals surface area contributed by atoms with Gasteiger partial charge in [-0.2, -0.15) is 0 Å². The van der Waals surface area contributed by atoms with Crippen LogP contribution in [-0.4, -0.2) is 44.8 Å². The van der Waals surface area contributed by atoms with E-state index in [0.717, 1.165) is 0 Å². The van der Waals surface area contributed by atoms with Crippen molar-refractivity contribution >= 4 is 29.5 Å². The Kier molecular flexibility index (Phi) is 7.31. The molecule has 24 heavy (non-hydrogen) atoms. The van der Waals surface area contributed by atoms with E-state index in [1.54, 1.807) is 0 Å². The van der Waals surface area contributed by atoms with E-state index < -0.39 is 24.5 Å². The van der Waals surface area contributed by atoms with Gasteiger partial charge in [-0.25, -0.2) is 9.59 Å². The number of imide groups is 1. The van der Waals surface area contributed by atoms with Crippen LogP contribution in [0.1, 0.15) is 24.2 Å². The van der Waals surface area contributed by atoms with Crippen LogP contribution >= 0.6 is 11.6 Å². The van der Waals surface area contributed by atoms with Crippen LogP contribution in [0.2, 0.25) is 5.02 Å². The third kappa shape index (κ3) is 5.62. The number of carbonyl (C=O) groups is 3. The number of amides is 3. The fourth-order valence-electron chi connectivity index (χ4n) is 1.63. The molecule has 0 atom stereocenters. The second kappa shape index (κ2) is 8.97. The van der Waals surface area contributed by atoms with Crippen molar-refractivity contribution in [1.29, 1.82) is 0 Å². The van der Waals surface area contributed by atoms with Crippen molar-refractivity contribution in [3.63, 3.8) is 0 Å². The Morgan fingerprint density at radius 3 is 2.46 bits per heavy atom. The van der Waals surface area contributed by atoms with Gasteiger partial charge in [0.15, 0.2) is 18.1 Å². The van der Waals surface area contributed by atoms with Crippen LogP contribution in [0.4, 0.5) is 4.79 Å². The summed E-state index contributed by atoms with van der Waals surface area (Å²) >= 11 is 6.11. The molecular formula is C15H19ClN2O6. The topological polar surface area (TPSA) is 103 Å². The number of rotatable bonds is 6. The lowest BCUT2D eigenvalue weighted by atomic mass is 10.2. The quantitative estimate of drug-likeness (QED) is 0.751. The predicted molar refractivity (Wildman–Crippen MR) is 86.6 cm³/mol. The molecule has 0 heterocycles. The molecule has 0 fully saturated rings. The highest BCUT2D eigenvalue weighted by molar-refractivity contribution is 6.32. The Morgan fingerprint density at radius 1 is 1.25 bits per heavy atom. The zero-order valence-corrected chi connectivity index (χ0v) is 14.5. The molecule has 0 aliphatic carbocycles. The predicted octanol–water partition coefficient (Wildman–Crippen LogP) is 1.75. The SMILES string of the molecule is CNC(=O)NC(=O)COC(=O)c1cc(Cl)c(OC(C)C)c(OC)c1. The Balaban J connectivity index is 2.82. The molecule has 3 amide bonds. The van der Waals surface area contributed by atoms with Gasteiger partial charge in [0.25, 0.3) is 5.91 Å². The number of nitrogens with one attached hydrogen (secondary N) is 2. The Labute approximate surface area is 144 Å². The molecule has 0 spiro atoms. The Hall–Kier alpha value is -2.48. The van der Waals surface area contributed by atoms with Crippen LogP contribution < -0.4 is 20.1 Å². The minimum absolute atomic E-state index is 0.0840. The van der Waals surface area contributed by atoms with Gasteiger partial charge in [-0.05, 0) is 26.0 Å². The lowest BCUT2D eigenvalue weighted by Gasteiger charge is -2.16. The summed E-state index contributed by atoms with van der Waals surface area (Å²) in [4.78, 5) is 34.4. The molecular weight excluding hydrogens is 340 g/mol. The zero-order valence-electron chi connectivity index (χ0n) is 13.8. The molecule has 1 aromatic carbocycles. The number of halogens is 1. The maximum atomic E-state index is 12.0. The van der Waals surface area contributed by atoms with Crippen molar-refractivity contribution in [2.75, 3.05) is 20.8 Å². The minimum Gasteiger partial charge on any atom is -0.493 e. The fraction of sp³-hybridized carbons (Fsp3) is 0.400. The second-order valence-electron chi connectivity index (χ2n) is 4.86. The monoisotopic (exact) mass is 358 g/mol. The van der Waals surface area contributed by atoms with E-state index in [2.05, 4.69) is 5.32 Å². The average molecular weight is 359 g/mol. The van der Waals surface area contributed by atoms with Crippen molar-refractivity contribution in [3.8, 4) is 11.5 Å². The summed E-state index contributed by atoms with van der Waals surface area (Å²) in [5.41, 5.74) is 0.0840. The normalized spacial score (nSPS) is 10.1. The van der Waals surface area contributed by atoms with Gasteiger partial charge in [0.2, 0.25) is 0 Å². The van der Waals surface area contributed by atoms with Gasteiger partial charge in [-0.3, -0.25) is 10.1 Å². The van der Waals surface area contributed by atoms with E-state index in [4.69, 9.17) is 25.8 Å². The van der Waals surface area contributed by atoms with E-state index in [1.807, 2.05) is 19.2 Å². The lowest BCUT2D eigenvalue weighted by Crippen LogP contribution is -2.39. The number of methoxy groups -OCH3 is 1. The standard InChI is InChI=1S/C15H19ClN2O6/c1-8(2)24-13-10(16)5-9(6-11(13)22-4)14(20)23-7-12(19)18-15(21)17-3/h5-6,8H,7H2,1-4H3,(H2,17,18,19,21). The summed E-state index contributed by atoms with van der Waals surface area (Å²) in [6, 6.07) is 2.04. The molecule has 1 rings (SSSR count). The van der Waals surface area contributed by atoms with E-state index >= 15 is 0 Å². The second-order valence-corrected chi connectivity index (χ2v) is 5.27. The van der Waals surface area contributed by atoms with Crippen LogP contribution in [-0.2, 0) is 9.53 Å².